The molecule has 1 fully saturated rings. The molecule has 0 spiro atoms. The number of hydrogen-bond acceptors (Lipinski definition) is 4. The molecule has 2 rings (SSSR count). The van der Waals surface area contributed by atoms with Crippen LogP contribution in [0.15, 0.2) is 0 Å². The molecule has 1 aromatic rings. The number of aryl methyl sites for hydroxylation is 1. The van der Waals surface area contributed by atoms with Gasteiger partial charge in [-0.2, -0.15) is 0 Å². The summed E-state index contributed by atoms with van der Waals surface area (Å²) in [5.41, 5.74) is 0.971. The van der Waals surface area contributed by atoms with Gasteiger partial charge in [-0.3, -0.25) is 0 Å². The average molecular weight is 284 g/mol. The van der Waals surface area contributed by atoms with Gasteiger partial charge in [0.25, 0.3) is 0 Å². The molecular formula is C14H22ClN3O. The van der Waals surface area contributed by atoms with Crippen molar-refractivity contribution in [1.82, 2.24) is 9.97 Å². The van der Waals surface area contributed by atoms with Crippen molar-refractivity contribution in [2.75, 3.05) is 25.1 Å². The van der Waals surface area contributed by atoms with Gasteiger partial charge in [0, 0.05) is 32.2 Å². The molecule has 19 heavy (non-hydrogen) atoms. The maximum absolute atomic E-state index is 6.24. The Morgan fingerprint density at radius 3 is 2.89 bits per heavy atom. The van der Waals surface area contributed by atoms with Gasteiger partial charge in [0.2, 0.25) is 0 Å². The number of piperidine rings is 1. The Kier molecular flexibility index (Phi) is 4.99. The molecule has 1 atom stereocenters. The maximum Gasteiger partial charge on any atom is 0.137 e. The van der Waals surface area contributed by atoms with Crippen molar-refractivity contribution in [1.29, 1.82) is 0 Å². The topological polar surface area (TPSA) is 38.2 Å². The smallest absolute Gasteiger partial charge is 0.137 e. The minimum absolute atomic E-state index is 0.288. The van der Waals surface area contributed by atoms with E-state index in [2.05, 4.69) is 16.8 Å². The zero-order chi connectivity index (χ0) is 13.8. The lowest BCUT2D eigenvalue weighted by molar-refractivity contribution is 0.0891. The summed E-state index contributed by atoms with van der Waals surface area (Å²) in [6, 6.07) is 0. The molecule has 1 aromatic heterocycles. The zero-order valence-corrected chi connectivity index (χ0v) is 12.7. The number of aromatic nitrogens is 2. The van der Waals surface area contributed by atoms with Gasteiger partial charge in [-0.05, 0) is 26.2 Å². The summed E-state index contributed by atoms with van der Waals surface area (Å²) in [5, 5.41) is 0.577. The second-order valence-electron chi connectivity index (χ2n) is 5.08. The summed E-state index contributed by atoms with van der Waals surface area (Å²) in [6.07, 6.45) is 4.43. The van der Waals surface area contributed by atoms with E-state index in [0.717, 1.165) is 56.0 Å². The van der Waals surface area contributed by atoms with Gasteiger partial charge >= 0.3 is 0 Å². The quantitative estimate of drug-likeness (QED) is 0.796. The highest BCUT2D eigenvalue weighted by Gasteiger charge is 2.23. The van der Waals surface area contributed by atoms with Gasteiger partial charge in [0.15, 0.2) is 0 Å². The third-order valence-corrected chi connectivity index (χ3v) is 3.96. The lowest BCUT2D eigenvalue weighted by Gasteiger charge is -2.33. The van der Waals surface area contributed by atoms with Crippen LogP contribution in [0.5, 0.6) is 0 Å². The largest absolute Gasteiger partial charge is 0.380 e. The normalized spacial score (nSPS) is 19.8. The Morgan fingerprint density at radius 1 is 1.42 bits per heavy atom. The van der Waals surface area contributed by atoms with Crippen molar-refractivity contribution in [3.05, 3.63) is 16.5 Å². The van der Waals surface area contributed by atoms with Crippen LogP contribution in [-0.4, -0.2) is 36.3 Å². The molecule has 1 aliphatic rings. The number of ether oxygens (including phenoxy) is 1. The van der Waals surface area contributed by atoms with Crippen LogP contribution in [0, 0.1) is 6.92 Å². The third-order valence-electron chi connectivity index (χ3n) is 3.59. The van der Waals surface area contributed by atoms with Crippen molar-refractivity contribution < 1.29 is 4.74 Å². The first-order valence-electron chi connectivity index (χ1n) is 6.96. The Bertz CT molecular complexity index is 439. The van der Waals surface area contributed by atoms with E-state index in [4.69, 9.17) is 21.3 Å². The molecule has 1 aliphatic heterocycles. The Balaban J connectivity index is 2.26. The first-order chi connectivity index (χ1) is 9.15. The highest BCUT2D eigenvalue weighted by Crippen LogP contribution is 2.27. The molecule has 2 heterocycles. The number of rotatable bonds is 4. The van der Waals surface area contributed by atoms with E-state index in [1.165, 1.54) is 0 Å². The Labute approximate surface area is 120 Å². The Hall–Kier alpha value is -0.870. The van der Waals surface area contributed by atoms with E-state index in [1.54, 1.807) is 7.11 Å². The number of hydrogen-bond donors (Lipinski definition) is 0. The van der Waals surface area contributed by atoms with E-state index in [0.29, 0.717) is 5.15 Å². The SMILES string of the molecule is CCCc1nc(Cl)c(C)c(N2CCCC(OC)C2)n1. The summed E-state index contributed by atoms with van der Waals surface area (Å²) < 4.78 is 5.47. The number of halogens is 1. The lowest BCUT2D eigenvalue weighted by atomic mass is 10.1. The highest BCUT2D eigenvalue weighted by atomic mass is 35.5. The first-order valence-corrected chi connectivity index (χ1v) is 7.34. The second-order valence-corrected chi connectivity index (χ2v) is 5.43. The van der Waals surface area contributed by atoms with Crippen molar-refractivity contribution in [2.24, 2.45) is 0 Å². The number of nitrogens with zero attached hydrogens (tertiary/aromatic N) is 3. The molecule has 0 saturated carbocycles. The molecule has 4 nitrogen and oxygen atoms in total. The maximum atomic E-state index is 6.24. The summed E-state index contributed by atoms with van der Waals surface area (Å²) in [4.78, 5) is 11.3. The fourth-order valence-electron chi connectivity index (χ4n) is 2.49. The van der Waals surface area contributed by atoms with Crippen molar-refractivity contribution in [3.63, 3.8) is 0 Å². The fourth-order valence-corrected chi connectivity index (χ4v) is 2.67. The zero-order valence-electron chi connectivity index (χ0n) is 11.9. The van der Waals surface area contributed by atoms with E-state index < -0.39 is 0 Å². The standard InChI is InChI=1S/C14H22ClN3O/c1-4-6-12-16-13(15)10(2)14(17-12)18-8-5-7-11(9-18)19-3/h11H,4-9H2,1-3H3. The molecule has 0 amide bonds. The van der Waals surface area contributed by atoms with E-state index in [1.807, 2.05) is 6.92 Å². The van der Waals surface area contributed by atoms with Crippen LogP contribution in [0.3, 0.4) is 0 Å². The predicted molar refractivity (Wildman–Crippen MR) is 78.0 cm³/mol. The van der Waals surface area contributed by atoms with Crippen molar-refractivity contribution in [2.45, 2.75) is 45.6 Å². The first kappa shape index (κ1) is 14.5. The van der Waals surface area contributed by atoms with Crippen LogP contribution in [0.2, 0.25) is 5.15 Å². The van der Waals surface area contributed by atoms with Gasteiger partial charge < -0.3 is 9.64 Å². The third kappa shape index (κ3) is 3.37. The van der Waals surface area contributed by atoms with Crippen molar-refractivity contribution in [3.8, 4) is 0 Å². The number of methoxy groups -OCH3 is 1. The fraction of sp³-hybridized carbons (Fsp3) is 0.714. The van der Waals surface area contributed by atoms with Crippen LogP contribution in [0.4, 0.5) is 5.82 Å². The second kappa shape index (κ2) is 6.53. The van der Waals surface area contributed by atoms with Gasteiger partial charge in [-0.25, -0.2) is 9.97 Å². The molecule has 0 aromatic carbocycles. The minimum Gasteiger partial charge on any atom is -0.380 e. The van der Waals surface area contributed by atoms with E-state index in [9.17, 15) is 0 Å². The predicted octanol–water partition coefficient (Wildman–Crippen LogP) is 3.01. The summed E-state index contributed by atoms with van der Waals surface area (Å²) in [6.45, 7) is 6.01. The van der Waals surface area contributed by atoms with Crippen LogP contribution in [0.25, 0.3) is 0 Å². The molecule has 0 radical (unpaired) electrons. The van der Waals surface area contributed by atoms with Gasteiger partial charge in [-0.15, -0.1) is 0 Å². The molecule has 1 unspecified atom stereocenters. The van der Waals surface area contributed by atoms with Crippen LogP contribution in [0.1, 0.15) is 37.6 Å². The minimum atomic E-state index is 0.288. The summed E-state index contributed by atoms with van der Waals surface area (Å²) >= 11 is 6.24. The van der Waals surface area contributed by atoms with Crippen molar-refractivity contribution >= 4 is 17.4 Å². The monoisotopic (exact) mass is 283 g/mol. The Morgan fingerprint density at radius 2 is 2.21 bits per heavy atom. The van der Waals surface area contributed by atoms with Gasteiger partial charge in [-0.1, -0.05) is 18.5 Å². The summed E-state index contributed by atoms with van der Waals surface area (Å²) in [7, 11) is 1.77. The van der Waals surface area contributed by atoms with Gasteiger partial charge in [0.05, 0.1) is 6.10 Å². The molecule has 1 saturated heterocycles. The number of anilines is 1. The lowest BCUT2D eigenvalue weighted by Crippen LogP contribution is -2.40. The molecule has 0 bridgehead atoms. The highest BCUT2D eigenvalue weighted by molar-refractivity contribution is 6.30. The molecule has 5 heteroatoms. The average Bonchev–Trinajstić information content (AvgIpc) is 2.43. The molecule has 0 aliphatic carbocycles. The van der Waals surface area contributed by atoms with Crippen LogP contribution in [-0.2, 0) is 11.2 Å². The molecular weight excluding hydrogens is 262 g/mol. The van der Waals surface area contributed by atoms with Gasteiger partial charge in [0.1, 0.15) is 16.8 Å². The van der Waals surface area contributed by atoms with Crippen LogP contribution >= 0.6 is 11.6 Å². The van der Waals surface area contributed by atoms with Crippen LogP contribution < -0.4 is 4.90 Å². The molecule has 0 N–H and O–H groups in total. The van der Waals surface area contributed by atoms with E-state index >= 15 is 0 Å². The van der Waals surface area contributed by atoms with E-state index in [-0.39, 0.29) is 6.10 Å². The molecule has 106 valence electrons. The summed E-state index contributed by atoms with van der Waals surface area (Å²) in [5.74, 6) is 1.82.